The molecule has 2 aliphatic rings. The molecule has 9 nitrogen and oxygen atoms in total. The molecule has 0 aromatic carbocycles. The maximum atomic E-state index is 12.7. The summed E-state index contributed by atoms with van der Waals surface area (Å²) in [7, 11) is 0. The van der Waals surface area contributed by atoms with Crippen LogP contribution in [0.5, 0.6) is 0 Å². The van der Waals surface area contributed by atoms with Crippen molar-refractivity contribution >= 4 is 65.6 Å². The Morgan fingerprint density at radius 3 is 3.03 bits per heavy atom. The molecule has 2 fully saturated rings. The molecule has 2 aliphatic heterocycles. The van der Waals surface area contributed by atoms with E-state index in [2.05, 4.69) is 41.2 Å². The maximum Gasteiger partial charge on any atom is 0.261 e. The fourth-order valence-corrected chi connectivity index (χ4v) is 6.10. The average molecular weight is 503 g/mol. The number of amides is 1. The molecule has 6 rings (SSSR count). The number of ether oxygens (including phenoxy) is 1. The van der Waals surface area contributed by atoms with E-state index in [1.807, 2.05) is 6.20 Å². The van der Waals surface area contributed by atoms with Crippen LogP contribution in [0.2, 0.25) is 0 Å². The fraction of sp³-hybridized carbons (Fsp3) is 0.400. The van der Waals surface area contributed by atoms with Gasteiger partial charge in [0.2, 0.25) is 5.91 Å². The van der Waals surface area contributed by atoms with E-state index in [0.717, 1.165) is 41.2 Å². The Kier molecular flexibility index (Phi) is 4.43. The molecule has 0 unspecified atom stereocenters. The zero-order valence-corrected chi connectivity index (χ0v) is 18.9. The number of hydrogen-bond acceptors (Lipinski definition) is 7. The smallest absolute Gasteiger partial charge is 0.261 e. The third-order valence-corrected chi connectivity index (χ3v) is 7.56. The Balaban J connectivity index is 1.22. The van der Waals surface area contributed by atoms with Crippen molar-refractivity contribution < 1.29 is 9.53 Å². The lowest BCUT2D eigenvalue weighted by Crippen LogP contribution is -2.65. The van der Waals surface area contributed by atoms with Crippen molar-refractivity contribution in [3.05, 3.63) is 32.6 Å². The summed E-state index contributed by atoms with van der Waals surface area (Å²) in [5.74, 6) is -0.109. The van der Waals surface area contributed by atoms with Crippen LogP contribution in [0.1, 0.15) is 19.3 Å². The van der Waals surface area contributed by atoms with Gasteiger partial charge in [-0.1, -0.05) is 0 Å². The van der Waals surface area contributed by atoms with Crippen molar-refractivity contribution in [1.82, 2.24) is 24.5 Å². The van der Waals surface area contributed by atoms with Crippen LogP contribution in [0.25, 0.3) is 26.8 Å². The number of aromatic nitrogens is 4. The van der Waals surface area contributed by atoms with E-state index in [-0.39, 0.29) is 17.1 Å². The number of thiazole rings is 1. The summed E-state index contributed by atoms with van der Waals surface area (Å²) in [4.78, 5) is 35.4. The molecule has 0 aliphatic carbocycles. The lowest BCUT2D eigenvalue weighted by Gasteiger charge is -2.51. The average Bonchev–Trinajstić information content (AvgIpc) is 3.23. The normalized spacial score (nSPS) is 18.7. The summed E-state index contributed by atoms with van der Waals surface area (Å²) < 4.78 is 8.50. The highest BCUT2D eigenvalue weighted by atomic mass is 79.9. The topological polar surface area (TPSA) is 105 Å². The van der Waals surface area contributed by atoms with Gasteiger partial charge in [-0.05, 0) is 41.3 Å². The first-order valence-electron chi connectivity index (χ1n) is 10.2. The monoisotopic (exact) mass is 502 g/mol. The van der Waals surface area contributed by atoms with Crippen LogP contribution in [-0.2, 0) is 9.53 Å². The van der Waals surface area contributed by atoms with Crippen molar-refractivity contribution in [2.24, 2.45) is 0 Å². The van der Waals surface area contributed by atoms with E-state index in [0.29, 0.717) is 34.2 Å². The van der Waals surface area contributed by atoms with Crippen LogP contribution in [-0.4, -0.2) is 62.2 Å². The van der Waals surface area contributed by atoms with Gasteiger partial charge >= 0.3 is 0 Å². The molecule has 4 aromatic rings. The van der Waals surface area contributed by atoms with Crippen LogP contribution in [0.3, 0.4) is 0 Å². The Labute approximate surface area is 188 Å². The van der Waals surface area contributed by atoms with Gasteiger partial charge in [-0.25, -0.2) is 4.52 Å². The number of rotatable bonds is 3. The Morgan fingerprint density at radius 2 is 2.23 bits per heavy atom. The molecule has 0 bridgehead atoms. The molecule has 6 heterocycles. The SMILES string of the molecule is O=C(CN1CC2(CCCCO2)C1)Nc1cnc2c(c1)[nH]c(=O)c1c2nn2cc(Br)sc12. The Bertz CT molecular complexity index is 1390. The van der Waals surface area contributed by atoms with Crippen LogP contribution in [0, 0.1) is 0 Å². The lowest BCUT2D eigenvalue weighted by atomic mass is 9.86. The largest absolute Gasteiger partial charge is 0.372 e. The number of fused-ring (bicyclic) bond motifs is 5. The van der Waals surface area contributed by atoms with E-state index < -0.39 is 0 Å². The van der Waals surface area contributed by atoms with Gasteiger partial charge in [-0.2, -0.15) is 5.10 Å². The predicted molar refractivity (Wildman–Crippen MR) is 122 cm³/mol. The van der Waals surface area contributed by atoms with E-state index in [1.54, 1.807) is 16.8 Å². The second-order valence-corrected chi connectivity index (χ2v) is 10.7. The van der Waals surface area contributed by atoms with E-state index in [1.165, 1.54) is 17.8 Å². The minimum Gasteiger partial charge on any atom is -0.372 e. The summed E-state index contributed by atoms with van der Waals surface area (Å²) in [6.45, 7) is 2.73. The minimum atomic E-state index is -0.226. The molecule has 2 N–H and O–H groups in total. The highest BCUT2D eigenvalue weighted by Gasteiger charge is 2.45. The number of carbonyl (C=O) groups excluding carboxylic acids is 1. The highest BCUT2D eigenvalue weighted by Crippen LogP contribution is 2.34. The summed E-state index contributed by atoms with van der Waals surface area (Å²) in [5, 5.41) is 7.93. The van der Waals surface area contributed by atoms with Crippen LogP contribution in [0.15, 0.2) is 27.0 Å². The number of aromatic amines is 1. The first kappa shape index (κ1) is 19.4. The summed E-state index contributed by atoms with van der Waals surface area (Å²) >= 11 is 4.87. The summed E-state index contributed by atoms with van der Waals surface area (Å²) in [6.07, 6.45) is 6.81. The Morgan fingerprint density at radius 1 is 1.35 bits per heavy atom. The number of pyridine rings is 2. The van der Waals surface area contributed by atoms with Gasteiger partial charge in [0.05, 0.1) is 39.5 Å². The van der Waals surface area contributed by atoms with Gasteiger partial charge in [-0.3, -0.25) is 19.5 Å². The lowest BCUT2D eigenvalue weighted by molar-refractivity contribution is -0.167. The first-order chi connectivity index (χ1) is 15.0. The van der Waals surface area contributed by atoms with Gasteiger partial charge in [-0.15, -0.1) is 11.3 Å². The second-order valence-electron chi connectivity index (χ2n) is 8.26. The zero-order chi connectivity index (χ0) is 21.2. The molecule has 0 saturated carbocycles. The van der Waals surface area contributed by atoms with Gasteiger partial charge in [0, 0.05) is 19.7 Å². The van der Waals surface area contributed by atoms with E-state index in [4.69, 9.17) is 4.74 Å². The maximum absolute atomic E-state index is 12.7. The van der Waals surface area contributed by atoms with E-state index >= 15 is 0 Å². The number of anilines is 1. The Hall–Kier alpha value is -2.34. The molecule has 0 atom stereocenters. The molecular weight excluding hydrogens is 484 g/mol. The summed E-state index contributed by atoms with van der Waals surface area (Å²) in [6, 6.07) is 1.73. The number of nitrogens with zero attached hydrogens (tertiary/aromatic N) is 4. The quantitative estimate of drug-likeness (QED) is 0.446. The molecule has 1 spiro atoms. The fourth-order valence-electron chi connectivity index (χ4n) is 4.64. The van der Waals surface area contributed by atoms with Gasteiger partial charge in [0.15, 0.2) is 0 Å². The zero-order valence-electron chi connectivity index (χ0n) is 16.5. The third kappa shape index (κ3) is 3.27. The molecule has 0 radical (unpaired) electrons. The summed E-state index contributed by atoms with van der Waals surface area (Å²) in [5.41, 5.74) is 1.96. The highest BCUT2D eigenvalue weighted by molar-refractivity contribution is 9.11. The number of halogens is 1. The van der Waals surface area contributed by atoms with Crippen molar-refractivity contribution in [3.8, 4) is 0 Å². The molecule has 160 valence electrons. The van der Waals surface area contributed by atoms with Crippen molar-refractivity contribution in [3.63, 3.8) is 0 Å². The van der Waals surface area contributed by atoms with Crippen molar-refractivity contribution in [2.45, 2.75) is 24.9 Å². The van der Waals surface area contributed by atoms with Gasteiger partial charge < -0.3 is 15.0 Å². The van der Waals surface area contributed by atoms with E-state index in [9.17, 15) is 9.59 Å². The molecule has 1 amide bonds. The molecule has 2 saturated heterocycles. The second kappa shape index (κ2) is 7.09. The molecular formula is C20H19BrN6O3S. The van der Waals surface area contributed by atoms with Crippen molar-refractivity contribution in [2.75, 3.05) is 31.6 Å². The first-order valence-corrected chi connectivity index (χ1v) is 11.8. The molecule has 31 heavy (non-hydrogen) atoms. The predicted octanol–water partition coefficient (Wildman–Crippen LogP) is 2.74. The van der Waals surface area contributed by atoms with Gasteiger partial charge in [0.1, 0.15) is 21.3 Å². The van der Waals surface area contributed by atoms with Crippen LogP contribution < -0.4 is 10.9 Å². The third-order valence-electron chi connectivity index (χ3n) is 5.98. The number of likely N-dealkylation sites (tertiary alicyclic amines) is 1. The van der Waals surface area contributed by atoms with Crippen LogP contribution in [0.4, 0.5) is 5.69 Å². The number of carbonyl (C=O) groups is 1. The minimum absolute atomic E-state index is 0.0399. The van der Waals surface area contributed by atoms with Gasteiger partial charge in [0.25, 0.3) is 5.56 Å². The number of H-pyrrole nitrogens is 1. The van der Waals surface area contributed by atoms with Crippen LogP contribution >= 0.6 is 27.3 Å². The number of nitrogens with one attached hydrogen (secondary N) is 2. The van der Waals surface area contributed by atoms with Crippen molar-refractivity contribution in [1.29, 1.82) is 0 Å². The number of hydrogen-bond donors (Lipinski definition) is 2. The molecule has 4 aromatic heterocycles. The standard InChI is InChI=1S/C20H19BrN6O3S/c21-13-7-27-19(31-13)15-17(25-27)16-12(24-18(15)29)5-11(6-22-16)23-14(28)8-26-9-20(10-26)3-1-2-4-30-20/h5-7H,1-4,8-10H2,(H,23,28)(H,24,29). The molecule has 11 heteroatoms.